The molecular formula is C30H42N8O3. The second kappa shape index (κ2) is 17.1. The van der Waals surface area contributed by atoms with Crippen molar-refractivity contribution >= 4 is 29.4 Å². The molecule has 11 heteroatoms. The first kappa shape index (κ1) is 30.2. The molecule has 3 aromatic rings. The highest BCUT2D eigenvalue weighted by atomic mass is 16.5. The normalized spacial score (nSPS) is 13.5. The monoisotopic (exact) mass is 562 g/mol. The van der Waals surface area contributed by atoms with Crippen LogP contribution in [0.1, 0.15) is 43.2 Å². The van der Waals surface area contributed by atoms with Crippen LogP contribution < -0.4 is 27.0 Å². The number of rotatable bonds is 17. The second-order valence-electron chi connectivity index (χ2n) is 9.99. The summed E-state index contributed by atoms with van der Waals surface area (Å²) < 4.78 is 10.7. The van der Waals surface area contributed by atoms with Crippen LogP contribution in [0.5, 0.6) is 0 Å². The minimum atomic E-state index is -0.0567. The highest BCUT2D eigenvalue weighted by Gasteiger charge is 2.16. The molecule has 0 spiro atoms. The van der Waals surface area contributed by atoms with Gasteiger partial charge in [0.15, 0.2) is 0 Å². The number of nitrogens with two attached hydrogens (primary N) is 1. The number of nitrogens with one attached hydrogen (secondary N) is 4. The van der Waals surface area contributed by atoms with Gasteiger partial charge in [0.05, 0.1) is 32.8 Å². The molecule has 220 valence electrons. The first-order valence-corrected chi connectivity index (χ1v) is 14.5. The van der Waals surface area contributed by atoms with Crippen molar-refractivity contribution in [2.45, 2.75) is 51.1 Å². The largest absolute Gasteiger partial charge is 0.378 e. The first-order valence-electron chi connectivity index (χ1n) is 14.5. The van der Waals surface area contributed by atoms with E-state index in [9.17, 15) is 4.79 Å². The molecule has 1 fully saturated rings. The van der Waals surface area contributed by atoms with Gasteiger partial charge in [-0.05, 0) is 36.1 Å². The van der Waals surface area contributed by atoms with Gasteiger partial charge < -0.3 is 36.5 Å². The van der Waals surface area contributed by atoms with Crippen LogP contribution in [-0.4, -0.2) is 66.4 Å². The smallest absolute Gasteiger partial charge is 0.233 e. The molecule has 1 aromatic heterocycles. The van der Waals surface area contributed by atoms with Crippen molar-refractivity contribution < 1.29 is 14.3 Å². The maximum absolute atomic E-state index is 12.3. The van der Waals surface area contributed by atoms with Crippen LogP contribution in [-0.2, 0) is 27.2 Å². The van der Waals surface area contributed by atoms with Crippen LogP contribution in [0.15, 0.2) is 54.6 Å². The molecule has 1 amide bonds. The van der Waals surface area contributed by atoms with E-state index in [1.54, 1.807) is 0 Å². The number of benzene rings is 2. The zero-order valence-electron chi connectivity index (χ0n) is 23.6. The Balaban J connectivity index is 1.29. The number of carbonyl (C=O) groups is 1. The van der Waals surface area contributed by atoms with Gasteiger partial charge in [-0.1, -0.05) is 61.7 Å². The lowest BCUT2D eigenvalue weighted by molar-refractivity contribution is -0.120. The van der Waals surface area contributed by atoms with Crippen molar-refractivity contribution in [1.82, 2.24) is 20.3 Å². The minimum absolute atomic E-state index is 0.0567. The van der Waals surface area contributed by atoms with Crippen molar-refractivity contribution in [3.05, 3.63) is 65.7 Å². The molecule has 0 radical (unpaired) electrons. The van der Waals surface area contributed by atoms with Crippen LogP contribution in [0.4, 0.5) is 23.5 Å². The lowest BCUT2D eigenvalue weighted by Gasteiger charge is -2.23. The van der Waals surface area contributed by atoms with Gasteiger partial charge in [0.25, 0.3) is 0 Å². The van der Waals surface area contributed by atoms with E-state index < -0.39 is 0 Å². The molecule has 4 rings (SSSR count). The fourth-order valence-electron chi connectivity index (χ4n) is 4.53. The van der Waals surface area contributed by atoms with Crippen LogP contribution in [0.25, 0.3) is 0 Å². The summed E-state index contributed by atoms with van der Waals surface area (Å²) >= 11 is 0. The number of anilines is 4. The molecule has 0 bridgehead atoms. The third-order valence-electron chi connectivity index (χ3n) is 6.64. The Morgan fingerprint density at radius 1 is 0.805 bits per heavy atom. The molecule has 0 atom stereocenters. The minimum Gasteiger partial charge on any atom is -0.378 e. The van der Waals surface area contributed by atoms with Crippen molar-refractivity contribution in [1.29, 1.82) is 0 Å². The zero-order chi connectivity index (χ0) is 28.5. The van der Waals surface area contributed by atoms with Gasteiger partial charge in [0.1, 0.15) is 0 Å². The van der Waals surface area contributed by atoms with Crippen LogP contribution in [0.2, 0.25) is 0 Å². The first-order chi connectivity index (χ1) is 20.2. The maximum Gasteiger partial charge on any atom is 0.233 e. The zero-order valence-corrected chi connectivity index (χ0v) is 23.6. The molecule has 2 aromatic carbocycles. The van der Waals surface area contributed by atoms with E-state index >= 15 is 0 Å². The Bertz CT molecular complexity index is 1170. The van der Waals surface area contributed by atoms with Crippen molar-refractivity contribution in [2.75, 3.05) is 55.5 Å². The molecule has 1 saturated carbocycles. The molecule has 0 unspecified atom stereocenters. The van der Waals surface area contributed by atoms with Gasteiger partial charge in [0, 0.05) is 31.4 Å². The predicted molar refractivity (Wildman–Crippen MR) is 161 cm³/mol. The van der Waals surface area contributed by atoms with E-state index in [-0.39, 0.29) is 12.3 Å². The Morgan fingerprint density at radius 2 is 1.51 bits per heavy atom. The lowest BCUT2D eigenvalue weighted by Crippen LogP contribution is -2.29. The summed E-state index contributed by atoms with van der Waals surface area (Å²) in [6.45, 7) is 3.50. The van der Waals surface area contributed by atoms with E-state index in [0.29, 0.717) is 69.9 Å². The maximum atomic E-state index is 12.3. The molecular weight excluding hydrogens is 520 g/mol. The van der Waals surface area contributed by atoms with Gasteiger partial charge in [0.2, 0.25) is 23.8 Å². The number of hydrogen-bond donors (Lipinski definition) is 5. The average molecular weight is 563 g/mol. The van der Waals surface area contributed by atoms with Gasteiger partial charge in [-0.25, -0.2) is 0 Å². The van der Waals surface area contributed by atoms with Gasteiger partial charge in [-0.2, -0.15) is 15.0 Å². The number of hydrogen-bond acceptors (Lipinski definition) is 10. The number of aromatic nitrogens is 3. The lowest BCUT2D eigenvalue weighted by atomic mass is 9.96. The fraction of sp³-hybridized carbons (Fsp3) is 0.467. The van der Waals surface area contributed by atoms with Crippen LogP contribution in [0.3, 0.4) is 0 Å². The van der Waals surface area contributed by atoms with Gasteiger partial charge >= 0.3 is 0 Å². The van der Waals surface area contributed by atoms with E-state index in [4.69, 9.17) is 15.2 Å². The van der Waals surface area contributed by atoms with Crippen LogP contribution in [0, 0.1) is 0 Å². The van der Waals surface area contributed by atoms with E-state index in [2.05, 4.69) is 48.4 Å². The number of nitrogens with zero attached hydrogens (tertiary/aromatic N) is 3. The Kier molecular flexibility index (Phi) is 12.6. The highest BCUT2D eigenvalue weighted by Crippen LogP contribution is 2.22. The highest BCUT2D eigenvalue weighted by molar-refractivity contribution is 5.78. The summed E-state index contributed by atoms with van der Waals surface area (Å²) in [7, 11) is 0. The molecule has 1 aliphatic rings. The molecule has 1 aliphatic carbocycles. The van der Waals surface area contributed by atoms with E-state index in [0.717, 1.165) is 29.7 Å². The molecule has 0 saturated heterocycles. The predicted octanol–water partition coefficient (Wildman–Crippen LogP) is 3.62. The standard InChI is InChI=1S/C30H42N8O3/c31-15-17-40-19-20-41-18-16-32-27(39)21-23-11-13-26(14-12-23)35-30-37-28(33-22-24-7-3-1-4-8-24)36-29(38-30)34-25-9-5-2-6-10-25/h1,3-4,7-8,11-14,25H,2,5-6,9-10,15-22,31H2,(H,32,39)(H3,33,34,35,36,37,38). The molecule has 11 nitrogen and oxygen atoms in total. The van der Waals surface area contributed by atoms with Crippen molar-refractivity contribution in [3.8, 4) is 0 Å². The van der Waals surface area contributed by atoms with Crippen molar-refractivity contribution in [2.24, 2.45) is 5.73 Å². The number of ether oxygens (including phenoxy) is 2. The summed E-state index contributed by atoms with van der Waals surface area (Å²) in [5, 5.41) is 13.0. The Morgan fingerprint density at radius 3 is 2.27 bits per heavy atom. The topological polar surface area (TPSA) is 148 Å². The number of carbonyl (C=O) groups excluding carboxylic acids is 1. The fourth-order valence-corrected chi connectivity index (χ4v) is 4.53. The van der Waals surface area contributed by atoms with Crippen molar-refractivity contribution in [3.63, 3.8) is 0 Å². The quantitative estimate of drug-likeness (QED) is 0.154. The summed E-state index contributed by atoms with van der Waals surface area (Å²) in [6, 6.07) is 18.2. The summed E-state index contributed by atoms with van der Waals surface area (Å²) in [4.78, 5) is 26.2. The summed E-state index contributed by atoms with van der Waals surface area (Å²) in [6.07, 6.45) is 6.24. The number of amides is 1. The Labute approximate surface area is 242 Å². The molecule has 6 N–H and O–H groups in total. The average Bonchev–Trinajstić information content (AvgIpc) is 2.99. The second-order valence-corrected chi connectivity index (χ2v) is 9.99. The van der Waals surface area contributed by atoms with Gasteiger partial charge in [-0.15, -0.1) is 0 Å². The third kappa shape index (κ3) is 11.3. The van der Waals surface area contributed by atoms with Gasteiger partial charge in [-0.3, -0.25) is 4.79 Å². The van der Waals surface area contributed by atoms with Crippen LogP contribution >= 0.6 is 0 Å². The van der Waals surface area contributed by atoms with E-state index in [1.165, 1.54) is 19.3 Å². The third-order valence-corrected chi connectivity index (χ3v) is 6.64. The summed E-state index contributed by atoms with van der Waals surface area (Å²) in [5.41, 5.74) is 8.24. The van der Waals surface area contributed by atoms with E-state index in [1.807, 2.05) is 42.5 Å². The summed E-state index contributed by atoms with van der Waals surface area (Å²) in [5.74, 6) is 1.46. The SMILES string of the molecule is NCCOCCOCCNC(=O)Cc1ccc(Nc2nc(NCc3ccccc3)nc(NC3CCCCC3)n2)cc1. The molecule has 1 heterocycles. The Hall–Kier alpha value is -3.80. The molecule has 0 aliphatic heterocycles. The molecule has 41 heavy (non-hydrogen) atoms.